The molecule has 27 heavy (non-hydrogen) atoms. The smallest absolute Gasteiger partial charge is 0.357 e. The summed E-state index contributed by atoms with van der Waals surface area (Å²) < 4.78 is 4.93. The molecular formula is C20H18N2O3S2. The van der Waals surface area contributed by atoms with Crippen LogP contribution in [0.3, 0.4) is 0 Å². The van der Waals surface area contributed by atoms with Gasteiger partial charge in [-0.15, -0.1) is 23.1 Å². The molecule has 0 aliphatic rings. The average molecular weight is 399 g/mol. The van der Waals surface area contributed by atoms with Gasteiger partial charge in [-0.3, -0.25) is 4.79 Å². The topological polar surface area (TPSA) is 68.3 Å². The zero-order chi connectivity index (χ0) is 19.1. The normalized spacial score (nSPS) is 11.6. The van der Waals surface area contributed by atoms with E-state index in [0.717, 1.165) is 10.5 Å². The number of carbonyl (C=O) groups excluding carboxylic acids is 2. The van der Waals surface area contributed by atoms with Crippen molar-refractivity contribution in [2.45, 2.75) is 17.1 Å². The second-order valence-electron chi connectivity index (χ2n) is 5.47. The van der Waals surface area contributed by atoms with Crippen molar-refractivity contribution >= 4 is 40.1 Å². The van der Waals surface area contributed by atoms with Gasteiger partial charge in [0, 0.05) is 10.3 Å². The summed E-state index contributed by atoms with van der Waals surface area (Å²) in [5, 5.41) is 4.33. The number of ether oxygens (including phenoxy) is 1. The molecule has 138 valence electrons. The third-order valence-corrected chi connectivity index (χ3v) is 5.58. The Hall–Kier alpha value is -2.64. The molecule has 5 nitrogen and oxygen atoms in total. The Morgan fingerprint density at radius 3 is 2.44 bits per heavy atom. The zero-order valence-corrected chi connectivity index (χ0v) is 16.3. The summed E-state index contributed by atoms with van der Waals surface area (Å²) >= 11 is 2.66. The number of benzene rings is 2. The van der Waals surface area contributed by atoms with Crippen LogP contribution in [0.25, 0.3) is 0 Å². The van der Waals surface area contributed by atoms with Crippen molar-refractivity contribution in [2.24, 2.45) is 0 Å². The lowest BCUT2D eigenvalue weighted by molar-refractivity contribution is -0.115. The van der Waals surface area contributed by atoms with Crippen molar-refractivity contribution in [2.75, 3.05) is 11.9 Å². The lowest BCUT2D eigenvalue weighted by Crippen LogP contribution is -2.19. The number of nitrogens with one attached hydrogen (secondary N) is 1. The summed E-state index contributed by atoms with van der Waals surface area (Å²) in [4.78, 5) is 29.8. The molecule has 0 bridgehead atoms. The molecule has 0 aliphatic heterocycles. The van der Waals surface area contributed by atoms with Crippen LogP contribution in [0, 0.1) is 0 Å². The van der Waals surface area contributed by atoms with E-state index in [1.807, 2.05) is 60.7 Å². The number of esters is 1. The van der Waals surface area contributed by atoms with Crippen molar-refractivity contribution in [3.63, 3.8) is 0 Å². The highest BCUT2D eigenvalue weighted by Crippen LogP contribution is 2.36. The standard InChI is InChI=1S/C20H18N2O3S2/c1-2-25-19(24)16-13-26-20(21-16)22-18(23)17(14-9-5-3-6-10-14)27-15-11-7-4-8-12-15/h3-13,17H,2H2,1H3,(H,21,22,23). The summed E-state index contributed by atoms with van der Waals surface area (Å²) in [5.41, 5.74) is 1.09. The summed E-state index contributed by atoms with van der Waals surface area (Å²) in [5.74, 6) is -0.688. The molecule has 2 aromatic carbocycles. The van der Waals surface area contributed by atoms with Gasteiger partial charge in [0.05, 0.1) is 6.61 Å². The average Bonchev–Trinajstić information content (AvgIpc) is 3.16. The Bertz CT molecular complexity index is 898. The van der Waals surface area contributed by atoms with Gasteiger partial charge in [-0.25, -0.2) is 9.78 Å². The number of thioether (sulfide) groups is 1. The first-order chi connectivity index (χ1) is 13.2. The first-order valence-corrected chi connectivity index (χ1v) is 10.1. The molecule has 0 spiro atoms. The van der Waals surface area contributed by atoms with E-state index < -0.39 is 11.2 Å². The highest BCUT2D eigenvalue weighted by Gasteiger charge is 2.23. The van der Waals surface area contributed by atoms with E-state index in [9.17, 15) is 9.59 Å². The number of thiazole rings is 1. The Labute approximate surface area is 165 Å². The maximum atomic E-state index is 12.9. The third-order valence-electron chi connectivity index (χ3n) is 3.56. The molecule has 0 radical (unpaired) electrons. The molecule has 1 N–H and O–H groups in total. The third kappa shape index (κ3) is 5.18. The number of hydrogen-bond donors (Lipinski definition) is 1. The van der Waals surface area contributed by atoms with Crippen LogP contribution in [0.4, 0.5) is 5.13 Å². The molecule has 3 rings (SSSR count). The minimum Gasteiger partial charge on any atom is -0.461 e. The summed E-state index contributed by atoms with van der Waals surface area (Å²) in [6.45, 7) is 2.01. The molecule has 0 saturated heterocycles. The van der Waals surface area contributed by atoms with Crippen molar-refractivity contribution in [1.29, 1.82) is 0 Å². The van der Waals surface area contributed by atoms with E-state index in [2.05, 4.69) is 10.3 Å². The largest absolute Gasteiger partial charge is 0.461 e. The predicted octanol–water partition coefficient (Wildman–Crippen LogP) is 4.79. The molecule has 0 fully saturated rings. The van der Waals surface area contributed by atoms with Crippen molar-refractivity contribution < 1.29 is 14.3 Å². The van der Waals surface area contributed by atoms with E-state index in [-0.39, 0.29) is 18.2 Å². The van der Waals surface area contributed by atoms with Gasteiger partial charge in [0.1, 0.15) is 5.25 Å². The van der Waals surface area contributed by atoms with Gasteiger partial charge in [0.15, 0.2) is 10.8 Å². The number of hydrogen-bond acceptors (Lipinski definition) is 6. The fraction of sp³-hybridized carbons (Fsp3) is 0.150. The van der Waals surface area contributed by atoms with Gasteiger partial charge in [-0.1, -0.05) is 48.5 Å². The maximum absolute atomic E-state index is 12.9. The Balaban J connectivity index is 1.78. The molecule has 0 aliphatic carbocycles. The minimum atomic E-state index is -0.493. The molecule has 1 heterocycles. The second kappa shape index (κ2) is 9.34. The van der Waals surface area contributed by atoms with Crippen molar-refractivity contribution in [1.82, 2.24) is 4.98 Å². The van der Waals surface area contributed by atoms with Crippen LogP contribution in [-0.2, 0) is 9.53 Å². The van der Waals surface area contributed by atoms with Gasteiger partial charge in [-0.2, -0.15) is 0 Å². The van der Waals surface area contributed by atoms with Gasteiger partial charge in [0.2, 0.25) is 5.91 Å². The molecular weight excluding hydrogens is 380 g/mol. The highest BCUT2D eigenvalue weighted by atomic mass is 32.2. The van der Waals surface area contributed by atoms with Gasteiger partial charge in [0.25, 0.3) is 0 Å². The molecule has 0 saturated carbocycles. The van der Waals surface area contributed by atoms with Crippen LogP contribution in [0.15, 0.2) is 70.9 Å². The number of nitrogens with zero attached hydrogens (tertiary/aromatic N) is 1. The number of aromatic nitrogens is 1. The Morgan fingerprint density at radius 1 is 1.11 bits per heavy atom. The Kier molecular flexibility index (Phi) is 6.62. The monoisotopic (exact) mass is 398 g/mol. The summed E-state index contributed by atoms with van der Waals surface area (Å²) in [6, 6.07) is 19.3. The van der Waals surface area contributed by atoms with E-state index in [0.29, 0.717) is 5.13 Å². The van der Waals surface area contributed by atoms with E-state index in [1.165, 1.54) is 23.1 Å². The van der Waals surface area contributed by atoms with Crippen molar-refractivity contribution in [3.05, 3.63) is 77.3 Å². The predicted molar refractivity (Wildman–Crippen MR) is 108 cm³/mol. The van der Waals surface area contributed by atoms with Crippen LogP contribution in [0.2, 0.25) is 0 Å². The zero-order valence-electron chi connectivity index (χ0n) is 14.6. The highest BCUT2D eigenvalue weighted by molar-refractivity contribution is 8.00. The molecule has 1 atom stereocenters. The quantitative estimate of drug-likeness (QED) is 0.458. The number of carbonyl (C=O) groups is 2. The molecule has 1 aromatic heterocycles. The maximum Gasteiger partial charge on any atom is 0.357 e. The van der Waals surface area contributed by atoms with E-state index >= 15 is 0 Å². The fourth-order valence-corrected chi connectivity index (χ4v) is 4.07. The SMILES string of the molecule is CCOC(=O)c1csc(NC(=O)C(Sc2ccccc2)c2ccccc2)n1. The van der Waals surface area contributed by atoms with E-state index in [1.54, 1.807) is 12.3 Å². The summed E-state index contributed by atoms with van der Waals surface area (Å²) in [6.07, 6.45) is 0. The minimum absolute atomic E-state index is 0.195. The first-order valence-electron chi connectivity index (χ1n) is 8.37. The first kappa shape index (κ1) is 19.1. The van der Waals surface area contributed by atoms with Crippen molar-refractivity contribution in [3.8, 4) is 0 Å². The lowest BCUT2D eigenvalue weighted by Gasteiger charge is -2.16. The van der Waals surface area contributed by atoms with E-state index in [4.69, 9.17) is 4.74 Å². The van der Waals surface area contributed by atoms with Crippen LogP contribution in [0.1, 0.15) is 28.2 Å². The van der Waals surface area contributed by atoms with Crippen LogP contribution < -0.4 is 5.32 Å². The second-order valence-corrected chi connectivity index (χ2v) is 7.51. The molecule has 3 aromatic rings. The summed E-state index contributed by atoms with van der Waals surface area (Å²) in [7, 11) is 0. The molecule has 1 amide bonds. The molecule has 1 unspecified atom stereocenters. The lowest BCUT2D eigenvalue weighted by atomic mass is 10.1. The van der Waals surface area contributed by atoms with Crippen LogP contribution >= 0.6 is 23.1 Å². The number of anilines is 1. The number of rotatable bonds is 7. The van der Waals surface area contributed by atoms with Gasteiger partial charge < -0.3 is 10.1 Å². The van der Waals surface area contributed by atoms with Gasteiger partial charge in [-0.05, 0) is 24.6 Å². The van der Waals surface area contributed by atoms with Gasteiger partial charge >= 0.3 is 5.97 Å². The van der Waals surface area contributed by atoms with Crippen LogP contribution in [0.5, 0.6) is 0 Å². The fourth-order valence-electron chi connectivity index (χ4n) is 2.34. The van der Waals surface area contributed by atoms with Crippen LogP contribution in [-0.4, -0.2) is 23.5 Å². The Morgan fingerprint density at radius 2 is 1.78 bits per heavy atom. The molecule has 7 heteroatoms. The number of amides is 1.